The van der Waals surface area contributed by atoms with E-state index >= 15 is 0 Å². The highest BCUT2D eigenvalue weighted by Crippen LogP contribution is 2.13. The number of nitrogens with one attached hydrogen (secondary N) is 1. The number of aryl methyl sites for hydroxylation is 1. The number of sulfonamides is 1. The summed E-state index contributed by atoms with van der Waals surface area (Å²) < 4.78 is 40.8. The molecule has 1 aromatic carbocycles. The van der Waals surface area contributed by atoms with Crippen molar-refractivity contribution < 1.29 is 12.8 Å². The van der Waals surface area contributed by atoms with E-state index in [1.807, 2.05) is 0 Å². The summed E-state index contributed by atoms with van der Waals surface area (Å²) in [4.78, 5) is 0.150. The second kappa shape index (κ2) is 5.10. The molecule has 7 heteroatoms. The van der Waals surface area contributed by atoms with E-state index in [1.165, 1.54) is 35.1 Å². The molecule has 1 N–H and O–H groups in total. The van der Waals surface area contributed by atoms with Crippen molar-refractivity contribution in [1.82, 2.24) is 14.5 Å². The summed E-state index contributed by atoms with van der Waals surface area (Å²) in [6, 6.07) is 5.65. The standard InChI is InChI=1S/C12H14FN3O2S/c1-9-12(8-14-16(9)2)19(17,18)15-7-10-3-5-11(13)6-4-10/h3-6,8,15H,7H2,1-2H3. The van der Waals surface area contributed by atoms with Crippen LogP contribution in [0.25, 0.3) is 0 Å². The summed E-state index contributed by atoms with van der Waals surface area (Å²) in [5, 5.41) is 3.90. The number of rotatable bonds is 4. The molecule has 0 bridgehead atoms. The molecule has 19 heavy (non-hydrogen) atoms. The second-order valence-corrected chi connectivity index (χ2v) is 5.90. The molecule has 0 aliphatic carbocycles. The fourth-order valence-electron chi connectivity index (χ4n) is 1.60. The maximum absolute atomic E-state index is 12.7. The quantitative estimate of drug-likeness (QED) is 0.921. The molecule has 0 amide bonds. The van der Waals surface area contributed by atoms with Crippen LogP contribution in [0.1, 0.15) is 11.3 Å². The van der Waals surface area contributed by atoms with Crippen LogP contribution >= 0.6 is 0 Å². The molecule has 5 nitrogen and oxygen atoms in total. The van der Waals surface area contributed by atoms with E-state index in [2.05, 4.69) is 9.82 Å². The fraction of sp³-hybridized carbons (Fsp3) is 0.250. The van der Waals surface area contributed by atoms with E-state index in [1.54, 1.807) is 14.0 Å². The lowest BCUT2D eigenvalue weighted by Crippen LogP contribution is -2.23. The molecule has 0 aliphatic rings. The van der Waals surface area contributed by atoms with Crippen molar-refractivity contribution >= 4 is 10.0 Å². The van der Waals surface area contributed by atoms with Gasteiger partial charge in [-0.25, -0.2) is 17.5 Å². The van der Waals surface area contributed by atoms with Crippen LogP contribution in [0.2, 0.25) is 0 Å². The highest BCUT2D eigenvalue weighted by atomic mass is 32.2. The SMILES string of the molecule is Cc1c(S(=O)(=O)NCc2ccc(F)cc2)cnn1C. The van der Waals surface area contributed by atoms with Gasteiger partial charge in [0, 0.05) is 13.6 Å². The van der Waals surface area contributed by atoms with Gasteiger partial charge in [-0.1, -0.05) is 12.1 Å². The molecule has 1 aromatic heterocycles. The molecule has 0 radical (unpaired) electrons. The first-order valence-corrected chi connectivity index (χ1v) is 7.11. The Bertz CT molecular complexity index is 678. The normalized spacial score (nSPS) is 11.7. The van der Waals surface area contributed by atoms with Crippen LogP contribution in [0.5, 0.6) is 0 Å². The lowest BCUT2D eigenvalue weighted by atomic mass is 10.2. The van der Waals surface area contributed by atoms with Crippen molar-refractivity contribution in [2.45, 2.75) is 18.4 Å². The van der Waals surface area contributed by atoms with E-state index in [0.29, 0.717) is 11.3 Å². The van der Waals surface area contributed by atoms with E-state index < -0.39 is 10.0 Å². The molecule has 0 saturated carbocycles. The molecule has 1 heterocycles. The summed E-state index contributed by atoms with van der Waals surface area (Å²) in [6.45, 7) is 1.79. The maximum atomic E-state index is 12.7. The number of nitrogens with zero attached hydrogens (tertiary/aromatic N) is 2. The van der Waals surface area contributed by atoms with E-state index in [4.69, 9.17) is 0 Å². The smallest absolute Gasteiger partial charge is 0.244 e. The Kier molecular flexibility index (Phi) is 3.68. The summed E-state index contributed by atoms with van der Waals surface area (Å²) in [6.07, 6.45) is 1.31. The van der Waals surface area contributed by atoms with Crippen LogP contribution < -0.4 is 4.72 Å². The van der Waals surface area contributed by atoms with Crippen molar-refractivity contribution in [3.05, 3.63) is 47.5 Å². The van der Waals surface area contributed by atoms with Gasteiger partial charge in [0.15, 0.2) is 0 Å². The summed E-state index contributed by atoms with van der Waals surface area (Å²) in [5.41, 5.74) is 1.25. The lowest BCUT2D eigenvalue weighted by Gasteiger charge is -2.06. The second-order valence-electron chi connectivity index (χ2n) is 4.17. The van der Waals surface area contributed by atoms with E-state index in [0.717, 1.165) is 0 Å². The zero-order valence-electron chi connectivity index (χ0n) is 10.6. The van der Waals surface area contributed by atoms with Gasteiger partial charge >= 0.3 is 0 Å². The average Bonchev–Trinajstić information content (AvgIpc) is 2.70. The third-order valence-corrected chi connectivity index (χ3v) is 4.36. The summed E-state index contributed by atoms with van der Waals surface area (Å²) in [5.74, 6) is -0.352. The van der Waals surface area contributed by atoms with Crippen molar-refractivity contribution in [2.75, 3.05) is 0 Å². The Balaban J connectivity index is 2.14. The Morgan fingerprint density at radius 2 is 1.95 bits per heavy atom. The zero-order valence-corrected chi connectivity index (χ0v) is 11.4. The first-order valence-electron chi connectivity index (χ1n) is 5.63. The lowest BCUT2D eigenvalue weighted by molar-refractivity contribution is 0.580. The van der Waals surface area contributed by atoms with Gasteiger partial charge in [-0.15, -0.1) is 0 Å². The van der Waals surface area contributed by atoms with E-state index in [-0.39, 0.29) is 17.3 Å². The molecule has 0 aliphatic heterocycles. The zero-order chi connectivity index (χ0) is 14.0. The predicted molar refractivity (Wildman–Crippen MR) is 68.4 cm³/mol. The molecule has 102 valence electrons. The molecular formula is C12H14FN3O2S. The van der Waals surface area contributed by atoms with Crippen molar-refractivity contribution in [3.63, 3.8) is 0 Å². The molecule has 0 unspecified atom stereocenters. The van der Waals surface area contributed by atoms with Gasteiger partial charge in [0.25, 0.3) is 0 Å². The molecule has 0 atom stereocenters. The summed E-state index contributed by atoms with van der Waals surface area (Å²) >= 11 is 0. The van der Waals surface area contributed by atoms with Crippen LogP contribution in [0.4, 0.5) is 4.39 Å². The molecule has 0 saturated heterocycles. The van der Waals surface area contributed by atoms with Gasteiger partial charge in [0.05, 0.1) is 11.9 Å². The number of aromatic nitrogens is 2. The molecule has 0 fully saturated rings. The van der Waals surface area contributed by atoms with Gasteiger partial charge in [-0.2, -0.15) is 5.10 Å². The largest absolute Gasteiger partial charge is 0.272 e. The molecule has 0 spiro atoms. The molecular weight excluding hydrogens is 269 g/mol. The van der Waals surface area contributed by atoms with Gasteiger partial charge in [-0.3, -0.25) is 4.68 Å². The highest BCUT2D eigenvalue weighted by molar-refractivity contribution is 7.89. The van der Waals surface area contributed by atoms with Crippen LogP contribution in [-0.4, -0.2) is 18.2 Å². The predicted octanol–water partition coefficient (Wildman–Crippen LogP) is 1.35. The van der Waals surface area contributed by atoms with Crippen molar-refractivity contribution in [1.29, 1.82) is 0 Å². The Hall–Kier alpha value is -1.73. The minimum Gasteiger partial charge on any atom is -0.272 e. The highest BCUT2D eigenvalue weighted by Gasteiger charge is 2.19. The third kappa shape index (κ3) is 2.99. The Labute approximate surface area is 111 Å². The van der Waals surface area contributed by atoms with E-state index in [9.17, 15) is 12.8 Å². The molecule has 2 rings (SSSR count). The average molecular weight is 283 g/mol. The van der Waals surface area contributed by atoms with Crippen molar-refractivity contribution in [2.24, 2.45) is 7.05 Å². The molecule has 2 aromatic rings. The third-order valence-electron chi connectivity index (χ3n) is 2.86. The van der Waals surface area contributed by atoms with Gasteiger partial charge in [-0.05, 0) is 24.6 Å². The summed E-state index contributed by atoms with van der Waals surface area (Å²) in [7, 11) is -1.93. The first-order chi connectivity index (χ1) is 8.90. The van der Waals surface area contributed by atoms with Gasteiger partial charge < -0.3 is 0 Å². The monoisotopic (exact) mass is 283 g/mol. The van der Waals surface area contributed by atoms with Gasteiger partial charge in [0.1, 0.15) is 10.7 Å². The first kappa shape index (κ1) is 13.7. The number of halogens is 1. The minimum atomic E-state index is -3.61. The van der Waals surface area contributed by atoms with Crippen LogP contribution in [0.3, 0.4) is 0 Å². The fourth-order valence-corrected chi connectivity index (χ4v) is 2.82. The topological polar surface area (TPSA) is 64.0 Å². The van der Waals surface area contributed by atoms with Gasteiger partial charge in [0.2, 0.25) is 10.0 Å². The number of hydrogen-bond donors (Lipinski definition) is 1. The number of benzene rings is 1. The Morgan fingerprint density at radius 3 is 2.47 bits per heavy atom. The Morgan fingerprint density at radius 1 is 1.32 bits per heavy atom. The maximum Gasteiger partial charge on any atom is 0.244 e. The van der Waals surface area contributed by atoms with Crippen molar-refractivity contribution in [3.8, 4) is 0 Å². The van der Waals surface area contributed by atoms with Crippen LogP contribution in [0.15, 0.2) is 35.4 Å². The van der Waals surface area contributed by atoms with Crippen LogP contribution in [0, 0.1) is 12.7 Å². The number of hydrogen-bond acceptors (Lipinski definition) is 3. The minimum absolute atomic E-state index is 0.108. The van der Waals surface area contributed by atoms with Crippen LogP contribution in [-0.2, 0) is 23.6 Å².